The number of pyridine rings is 1. The average Bonchev–Trinajstić information content (AvgIpc) is 2.66. The van der Waals surface area contributed by atoms with Gasteiger partial charge in [-0.1, -0.05) is 23.7 Å². The van der Waals surface area contributed by atoms with Gasteiger partial charge >= 0.3 is 6.18 Å². The molecule has 0 N–H and O–H groups in total. The van der Waals surface area contributed by atoms with Gasteiger partial charge in [0.15, 0.2) is 0 Å². The highest BCUT2D eigenvalue weighted by atomic mass is 35.5. The molecule has 0 unspecified atom stereocenters. The fraction of sp³-hybridized carbons (Fsp3) is 0.368. The molecule has 27 heavy (non-hydrogen) atoms. The zero-order valence-electron chi connectivity index (χ0n) is 14.5. The van der Waals surface area contributed by atoms with Gasteiger partial charge in [-0.15, -0.1) is 0 Å². The summed E-state index contributed by atoms with van der Waals surface area (Å²) >= 11 is 5.95. The Hall–Kier alpha value is -2.28. The summed E-state index contributed by atoms with van der Waals surface area (Å²) in [5.41, 5.74) is 0.254. The molecular formula is C19H19ClF3N3O. The number of nitrogens with zero attached hydrogens (tertiary/aromatic N) is 3. The molecule has 2 heterocycles. The van der Waals surface area contributed by atoms with Crippen LogP contribution in [0.5, 0.6) is 0 Å². The summed E-state index contributed by atoms with van der Waals surface area (Å²) in [6.07, 6.45) is -2.52. The molecule has 1 aromatic carbocycles. The molecule has 1 aliphatic heterocycles. The predicted molar refractivity (Wildman–Crippen MR) is 97.8 cm³/mol. The van der Waals surface area contributed by atoms with Gasteiger partial charge in [0.2, 0.25) is 5.91 Å². The van der Waals surface area contributed by atoms with Crippen molar-refractivity contribution in [1.82, 2.24) is 9.88 Å². The molecular weight excluding hydrogens is 379 g/mol. The molecule has 3 rings (SSSR count). The van der Waals surface area contributed by atoms with E-state index in [1.54, 1.807) is 11.0 Å². The number of amides is 1. The van der Waals surface area contributed by atoms with Crippen molar-refractivity contribution in [3.05, 3.63) is 58.7 Å². The Morgan fingerprint density at radius 3 is 2.44 bits per heavy atom. The Balaban J connectivity index is 1.50. The molecule has 0 aliphatic carbocycles. The van der Waals surface area contributed by atoms with Crippen LogP contribution < -0.4 is 4.90 Å². The molecule has 1 aliphatic rings. The molecule has 0 saturated carbocycles. The van der Waals surface area contributed by atoms with E-state index in [0.717, 1.165) is 17.8 Å². The second-order valence-corrected chi connectivity index (χ2v) is 6.84. The van der Waals surface area contributed by atoms with Gasteiger partial charge in [0.25, 0.3) is 0 Å². The highest BCUT2D eigenvalue weighted by Crippen LogP contribution is 2.29. The van der Waals surface area contributed by atoms with E-state index in [4.69, 9.17) is 11.6 Å². The fourth-order valence-electron chi connectivity index (χ4n) is 3.03. The molecule has 144 valence electrons. The standard InChI is InChI=1S/C19H19ClF3N3O/c20-16-3-1-2-14(12-16)4-7-18(27)26-10-8-25(9-11-26)17-6-5-15(13-24-17)19(21,22)23/h1-3,5-6,12-13H,4,7-11H2. The number of hydrogen-bond acceptors (Lipinski definition) is 3. The van der Waals surface area contributed by atoms with Crippen LogP contribution in [-0.4, -0.2) is 42.0 Å². The molecule has 0 bridgehead atoms. The minimum atomic E-state index is -4.39. The van der Waals surface area contributed by atoms with E-state index in [0.29, 0.717) is 49.9 Å². The number of rotatable bonds is 4. The van der Waals surface area contributed by atoms with E-state index in [-0.39, 0.29) is 5.91 Å². The fourth-order valence-corrected chi connectivity index (χ4v) is 3.24. The summed E-state index contributed by atoms with van der Waals surface area (Å²) in [5, 5.41) is 0.651. The van der Waals surface area contributed by atoms with E-state index in [9.17, 15) is 18.0 Å². The summed E-state index contributed by atoms with van der Waals surface area (Å²) in [6, 6.07) is 9.85. The van der Waals surface area contributed by atoms with E-state index in [1.807, 2.05) is 23.1 Å². The normalized spacial score (nSPS) is 15.1. The van der Waals surface area contributed by atoms with Crippen molar-refractivity contribution < 1.29 is 18.0 Å². The number of anilines is 1. The monoisotopic (exact) mass is 397 g/mol. The second kappa shape index (κ2) is 8.17. The molecule has 0 spiro atoms. The maximum absolute atomic E-state index is 12.6. The maximum Gasteiger partial charge on any atom is 0.417 e. The van der Waals surface area contributed by atoms with E-state index < -0.39 is 11.7 Å². The zero-order chi connectivity index (χ0) is 19.4. The van der Waals surface area contributed by atoms with Crippen LogP contribution in [0.3, 0.4) is 0 Å². The lowest BCUT2D eigenvalue weighted by molar-refractivity contribution is -0.137. The number of aromatic nitrogens is 1. The lowest BCUT2D eigenvalue weighted by Crippen LogP contribution is -2.49. The molecule has 1 saturated heterocycles. The quantitative estimate of drug-likeness (QED) is 0.781. The van der Waals surface area contributed by atoms with Crippen LogP contribution in [0, 0.1) is 0 Å². The van der Waals surface area contributed by atoms with Crippen molar-refractivity contribution in [2.75, 3.05) is 31.1 Å². The van der Waals surface area contributed by atoms with Crippen LogP contribution in [0.15, 0.2) is 42.6 Å². The number of halogens is 4. The first-order valence-corrected chi connectivity index (χ1v) is 9.01. The number of carbonyl (C=O) groups excluding carboxylic acids is 1. The van der Waals surface area contributed by atoms with Crippen molar-refractivity contribution in [2.45, 2.75) is 19.0 Å². The van der Waals surface area contributed by atoms with Crippen LogP contribution in [-0.2, 0) is 17.4 Å². The zero-order valence-corrected chi connectivity index (χ0v) is 15.3. The number of hydrogen-bond donors (Lipinski definition) is 0. The molecule has 4 nitrogen and oxygen atoms in total. The summed E-state index contributed by atoms with van der Waals surface area (Å²) in [7, 11) is 0. The Morgan fingerprint density at radius 1 is 1.11 bits per heavy atom. The van der Waals surface area contributed by atoms with Crippen molar-refractivity contribution in [2.24, 2.45) is 0 Å². The van der Waals surface area contributed by atoms with Crippen molar-refractivity contribution >= 4 is 23.3 Å². The molecule has 1 amide bonds. The van der Waals surface area contributed by atoms with Crippen LogP contribution in [0.2, 0.25) is 5.02 Å². The Morgan fingerprint density at radius 2 is 1.85 bits per heavy atom. The topological polar surface area (TPSA) is 36.4 Å². The Labute approximate surface area is 160 Å². The summed E-state index contributed by atoms with van der Waals surface area (Å²) in [6.45, 7) is 2.14. The Kier molecular flexibility index (Phi) is 5.89. The second-order valence-electron chi connectivity index (χ2n) is 6.40. The lowest BCUT2D eigenvalue weighted by Gasteiger charge is -2.35. The number of aryl methyl sites for hydroxylation is 1. The smallest absolute Gasteiger partial charge is 0.353 e. The number of piperazine rings is 1. The summed E-state index contributed by atoms with van der Waals surface area (Å²) in [5.74, 6) is 0.559. The molecule has 1 aromatic heterocycles. The third-order valence-electron chi connectivity index (χ3n) is 4.55. The molecule has 8 heteroatoms. The van der Waals surface area contributed by atoms with Crippen molar-refractivity contribution in [1.29, 1.82) is 0 Å². The number of alkyl halides is 3. The van der Waals surface area contributed by atoms with Gasteiger partial charge in [-0.05, 0) is 36.2 Å². The first-order chi connectivity index (χ1) is 12.8. The highest BCUT2D eigenvalue weighted by Gasteiger charge is 2.31. The lowest BCUT2D eigenvalue weighted by atomic mass is 10.1. The number of carbonyl (C=O) groups is 1. The highest BCUT2D eigenvalue weighted by molar-refractivity contribution is 6.30. The van der Waals surface area contributed by atoms with Gasteiger partial charge in [0.1, 0.15) is 5.82 Å². The van der Waals surface area contributed by atoms with E-state index >= 15 is 0 Å². The van der Waals surface area contributed by atoms with Crippen LogP contribution in [0.4, 0.5) is 19.0 Å². The largest absolute Gasteiger partial charge is 0.417 e. The Bertz CT molecular complexity index is 788. The third kappa shape index (κ3) is 5.13. The van der Waals surface area contributed by atoms with Crippen LogP contribution >= 0.6 is 11.6 Å². The van der Waals surface area contributed by atoms with Gasteiger partial charge in [-0.2, -0.15) is 13.2 Å². The van der Waals surface area contributed by atoms with Gasteiger partial charge in [0.05, 0.1) is 5.56 Å². The summed E-state index contributed by atoms with van der Waals surface area (Å²) in [4.78, 5) is 20.0. The van der Waals surface area contributed by atoms with Crippen LogP contribution in [0.25, 0.3) is 0 Å². The predicted octanol–water partition coefficient (Wildman–Crippen LogP) is 4.04. The summed E-state index contributed by atoms with van der Waals surface area (Å²) < 4.78 is 37.8. The van der Waals surface area contributed by atoms with Crippen LogP contribution in [0.1, 0.15) is 17.5 Å². The van der Waals surface area contributed by atoms with Crippen molar-refractivity contribution in [3.63, 3.8) is 0 Å². The maximum atomic E-state index is 12.6. The molecule has 2 aromatic rings. The molecule has 0 atom stereocenters. The van der Waals surface area contributed by atoms with E-state index in [2.05, 4.69) is 4.98 Å². The van der Waals surface area contributed by atoms with Gasteiger partial charge in [-0.3, -0.25) is 4.79 Å². The van der Waals surface area contributed by atoms with Crippen molar-refractivity contribution in [3.8, 4) is 0 Å². The minimum absolute atomic E-state index is 0.0648. The first kappa shape index (κ1) is 19.5. The van der Waals surface area contributed by atoms with Gasteiger partial charge < -0.3 is 9.80 Å². The third-order valence-corrected chi connectivity index (χ3v) is 4.78. The number of benzene rings is 1. The molecule has 0 radical (unpaired) electrons. The van der Waals surface area contributed by atoms with E-state index in [1.165, 1.54) is 6.07 Å². The average molecular weight is 398 g/mol. The van der Waals surface area contributed by atoms with Gasteiger partial charge in [-0.25, -0.2) is 4.98 Å². The van der Waals surface area contributed by atoms with Gasteiger partial charge in [0, 0.05) is 43.8 Å². The minimum Gasteiger partial charge on any atom is -0.353 e. The SMILES string of the molecule is O=C(CCc1cccc(Cl)c1)N1CCN(c2ccc(C(F)(F)F)cn2)CC1. The first-order valence-electron chi connectivity index (χ1n) is 8.63. The molecule has 1 fully saturated rings.